The summed E-state index contributed by atoms with van der Waals surface area (Å²) < 4.78 is 2.17. The van der Waals surface area contributed by atoms with Crippen LogP contribution in [-0.4, -0.2) is 36.1 Å². The fourth-order valence-corrected chi connectivity index (χ4v) is 3.40. The molecule has 5 nitrogen and oxygen atoms in total. The summed E-state index contributed by atoms with van der Waals surface area (Å²) in [7, 11) is 3.96. The highest BCUT2D eigenvalue weighted by molar-refractivity contribution is 5.94. The molecule has 0 aliphatic carbocycles. The number of amides is 1. The second kappa shape index (κ2) is 8.19. The van der Waals surface area contributed by atoms with Crippen molar-refractivity contribution in [2.45, 2.75) is 6.54 Å². The van der Waals surface area contributed by atoms with Crippen LogP contribution in [0.25, 0.3) is 22.4 Å². The van der Waals surface area contributed by atoms with E-state index < -0.39 is 0 Å². The van der Waals surface area contributed by atoms with Gasteiger partial charge in [-0.3, -0.25) is 4.79 Å². The molecule has 29 heavy (non-hydrogen) atoms. The molecule has 146 valence electrons. The van der Waals surface area contributed by atoms with Gasteiger partial charge in [0.15, 0.2) is 0 Å². The molecule has 1 N–H and O–H groups in total. The van der Waals surface area contributed by atoms with Crippen molar-refractivity contribution in [2.24, 2.45) is 0 Å². The van der Waals surface area contributed by atoms with Crippen molar-refractivity contribution in [2.75, 3.05) is 25.5 Å². The van der Waals surface area contributed by atoms with E-state index in [1.807, 2.05) is 79.7 Å². The lowest BCUT2D eigenvalue weighted by Crippen LogP contribution is -2.27. The Bertz CT molecular complexity index is 1110. The fourth-order valence-electron chi connectivity index (χ4n) is 3.40. The van der Waals surface area contributed by atoms with Crippen LogP contribution in [0, 0.1) is 0 Å². The maximum Gasteiger partial charge on any atom is 0.251 e. The molecule has 1 aromatic heterocycles. The van der Waals surface area contributed by atoms with Crippen LogP contribution in [0.2, 0.25) is 0 Å². The van der Waals surface area contributed by atoms with Crippen molar-refractivity contribution in [1.29, 1.82) is 0 Å². The number of hydrogen-bond donors (Lipinski definition) is 1. The van der Waals surface area contributed by atoms with Gasteiger partial charge in [0.2, 0.25) is 0 Å². The Kier molecular flexibility index (Phi) is 5.29. The predicted octanol–water partition coefficient (Wildman–Crippen LogP) is 4.20. The SMILES string of the molecule is CN(C)c1ccc(C(=O)NCCn2c(-c3ccccc3)nc3ccccc32)cc1. The van der Waals surface area contributed by atoms with Gasteiger partial charge in [-0.1, -0.05) is 42.5 Å². The van der Waals surface area contributed by atoms with E-state index in [9.17, 15) is 4.79 Å². The first-order valence-electron chi connectivity index (χ1n) is 9.70. The predicted molar refractivity (Wildman–Crippen MR) is 118 cm³/mol. The van der Waals surface area contributed by atoms with Gasteiger partial charge in [0.1, 0.15) is 5.82 Å². The number of nitrogens with zero attached hydrogens (tertiary/aromatic N) is 3. The molecule has 0 aliphatic heterocycles. The van der Waals surface area contributed by atoms with E-state index in [-0.39, 0.29) is 5.91 Å². The summed E-state index contributed by atoms with van der Waals surface area (Å²) >= 11 is 0. The standard InChI is InChI=1S/C24H24N4O/c1-27(2)20-14-12-19(13-15-20)24(29)25-16-17-28-22-11-7-6-10-21(22)26-23(28)18-8-4-3-5-9-18/h3-15H,16-17H2,1-2H3,(H,25,29). The van der Waals surface area contributed by atoms with Crippen LogP contribution < -0.4 is 10.2 Å². The molecule has 0 fully saturated rings. The lowest BCUT2D eigenvalue weighted by Gasteiger charge is -2.13. The second-order valence-corrected chi connectivity index (χ2v) is 7.14. The Morgan fingerprint density at radius 2 is 1.62 bits per heavy atom. The topological polar surface area (TPSA) is 50.2 Å². The third-order valence-electron chi connectivity index (χ3n) is 4.95. The minimum Gasteiger partial charge on any atom is -0.378 e. The van der Waals surface area contributed by atoms with Gasteiger partial charge in [0, 0.05) is 44.0 Å². The molecule has 5 heteroatoms. The Morgan fingerprint density at radius 3 is 2.34 bits per heavy atom. The highest BCUT2D eigenvalue weighted by Gasteiger charge is 2.12. The molecule has 1 heterocycles. The Balaban J connectivity index is 1.51. The third-order valence-corrected chi connectivity index (χ3v) is 4.95. The van der Waals surface area contributed by atoms with E-state index in [2.05, 4.69) is 28.1 Å². The molecule has 0 saturated heterocycles. The normalized spacial score (nSPS) is 10.8. The van der Waals surface area contributed by atoms with E-state index in [1.165, 1.54) is 0 Å². The summed E-state index contributed by atoms with van der Waals surface area (Å²) in [5.41, 5.74) is 4.82. The van der Waals surface area contributed by atoms with Gasteiger partial charge in [-0.05, 0) is 36.4 Å². The number of fused-ring (bicyclic) bond motifs is 1. The average molecular weight is 384 g/mol. The number of rotatable bonds is 6. The van der Waals surface area contributed by atoms with Crippen molar-refractivity contribution in [3.63, 3.8) is 0 Å². The number of anilines is 1. The van der Waals surface area contributed by atoms with Crippen LogP contribution >= 0.6 is 0 Å². The van der Waals surface area contributed by atoms with Gasteiger partial charge in [-0.15, -0.1) is 0 Å². The minimum absolute atomic E-state index is 0.0685. The molecule has 0 radical (unpaired) electrons. The summed E-state index contributed by atoms with van der Waals surface area (Å²) in [6.45, 7) is 1.17. The highest BCUT2D eigenvalue weighted by Crippen LogP contribution is 2.24. The second-order valence-electron chi connectivity index (χ2n) is 7.14. The first kappa shape index (κ1) is 18.7. The summed E-state index contributed by atoms with van der Waals surface area (Å²) in [5.74, 6) is 0.845. The summed E-state index contributed by atoms with van der Waals surface area (Å²) in [6.07, 6.45) is 0. The largest absolute Gasteiger partial charge is 0.378 e. The number of imidazole rings is 1. The Hall–Kier alpha value is -3.60. The van der Waals surface area contributed by atoms with Crippen LogP contribution in [-0.2, 0) is 6.54 Å². The first-order valence-corrected chi connectivity index (χ1v) is 9.70. The zero-order chi connectivity index (χ0) is 20.2. The molecule has 0 aliphatic rings. The number of para-hydroxylation sites is 2. The number of aromatic nitrogens is 2. The average Bonchev–Trinajstić information content (AvgIpc) is 3.13. The van der Waals surface area contributed by atoms with Gasteiger partial charge < -0.3 is 14.8 Å². The van der Waals surface area contributed by atoms with Gasteiger partial charge in [-0.25, -0.2) is 4.98 Å². The van der Waals surface area contributed by atoms with Crippen molar-refractivity contribution < 1.29 is 4.79 Å². The lowest BCUT2D eigenvalue weighted by atomic mass is 10.2. The number of nitrogens with one attached hydrogen (secondary N) is 1. The molecule has 3 aromatic carbocycles. The quantitative estimate of drug-likeness (QED) is 0.542. The van der Waals surface area contributed by atoms with Crippen LogP contribution in [0.5, 0.6) is 0 Å². The van der Waals surface area contributed by atoms with Gasteiger partial charge >= 0.3 is 0 Å². The summed E-state index contributed by atoms with van der Waals surface area (Å²) in [5, 5.41) is 3.03. The smallest absolute Gasteiger partial charge is 0.251 e. The molecule has 4 aromatic rings. The van der Waals surface area contributed by atoms with Gasteiger partial charge in [0.05, 0.1) is 11.0 Å². The van der Waals surface area contributed by atoms with Crippen molar-refractivity contribution >= 4 is 22.6 Å². The van der Waals surface area contributed by atoms with Gasteiger partial charge in [-0.2, -0.15) is 0 Å². The zero-order valence-electron chi connectivity index (χ0n) is 16.7. The molecule has 4 rings (SSSR count). The maximum absolute atomic E-state index is 12.5. The minimum atomic E-state index is -0.0685. The van der Waals surface area contributed by atoms with Crippen LogP contribution in [0.3, 0.4) is 0 Å². The molecular formula is C24H24N4O. The van der Waals surface area contributed by atoms with Crippen LogP contribution in [0.1, 0.15) is 10.4 Å². The number of benzene rings is 3. The highest BCUT2D eigenvalue weighted by atomic mass is 16.1. The Labute approximate surface area is 170 Å². The van der Waals surface area contributed by atoms with Crippen molar-refractivity contribution in [3.8, 4) is 11.4 Å². The van der Waals surface area contributed by atoms with Crippen molar-refractivity contribution in [1.82, 2.24) is 14.9 Å². The molecule has 0 saturated carbocycles. The maximum atomic E-state index is 12.5. The van der Waals surface area contributed by atoms with E-state index in [0.717, 1.165) is 28.1 Å². The molecule has 0 bridgehead atoms. The number of hydrogen-bond acceptors (Lipinski definition) is 3. The van der Waals surface area contributed by atoms with E-state index in [4.69, 9.17) is 4.98 Å². The monoisotopic (exact) mass is 384 g/mol. The van der Waals surface area contributed by atoms with E-state index >= 15 is 0 Å². The summed E-state index contributed by atoms with van der Waals surface area (Å²) in [4.78, 5) is 19.3. The number of carbonyl (C=O) groups is 1. The molecule has 0 atom stereocenters. The van der Waals surface area contributed by atoms with Crippen molar-refractivity contribution in [3.05, 3.63) is 84.4 Å². The third kappa shape index (κ3) is 3.99. The van der Waals surface area contributed by atoms with Crippen LogP contribution in [0.15, 0.2) is 78.9 Å². The van der Waals surface area contributed by atoms with Crippen LogP contribution in [0.4, 0.5) is 5.69 Å². The van der Waals surface area contributed by atoms with E-state index in [0.29, 0.717) is 18.7 Å². The molecular weight excluding hydrogens is 360 g/mol. The molecule has 0 spiro atoms. The molecule has 0 unspecified atom stereocenters. The Morgan fingerprint density at radius 1 is 0.931 bits per heavy atom. The fraction of sp³-hybridized carbons (Fsp3) is 0.167. The lowest BCUT2D eigenvalue weighted by molar-refractivity contribution is 0.0952. The first-order chi connectivity index (χ1) is 14.1. The summed E-state index contributed by atoms with van der Waals surface area (Å²) in [6, 6.07) is 25.8. The van der Waals surface area contributed by atoms with E-state index in [1.54, 1.807) is 0 Å². The number of carbonyl (C=O) groups excluding carboxylic acids is 1. The van der Waals surface area contributed by atoms with Gasteiger partial charge in [0.25, 0.3) is 5.91 Å². The zero-order valence-corrected chi connectivity index (χ0v) is 16.7. The molecule has 1 amide bonds.